The van der Waals surface area contributed by atoms with Gasteiger partial charge in [-0.3, -0.25) is 0 Å². The fourth-order valence-corrected chi connectivity index (χ4v) is 1.75. The maximum atomic E-state index is 13.0. The maximum Gasteiger partial charge on any atom is 0.337 e. The third kappa shape index (κ3) is 3.01. The number of nitrogens with one attached hydrogen (secondary N) is 1. The summed E-state index contributed by atoms with van der Waals surface area (Å²) < 4.78 is 13.0. The molecule has 2 rings (SSSR count). The Hall–Kier alpha value is -2.56. The van der Waals surface area contributed by atoms with E-state index in [2.05, 4.69) is 5.32 Å². The zero-order valence-corrected chi connectivity index (χ0v) is 10.1. The molecular formula is C14H13FN2O2. The smallest absolute Gasteiger partial charge is 0.337 e. The number of carboxylic acid groups (broad SMARTS) is 1. The highest BCUT2D eigenvalue weighted by Crippen LogP contribution is 2.23. The molecule has 19 heavy (non-hydrogen) atoms. The largest absolute Gasteiger partial charge is 0.478 e. The van der Waals surface area contributed by atoms with Gasteiger partial charge >= 0.3 is 5.97 Å². The summed E-state index contributed by atoms with van der Waals surface area (Å²) in [6.07, 6.45) is 0. The van der Waals surface area contributed by atoms with E-state index in [1.807, 2.05) is 0 Å². The Balaban J connectivity index is 2.16. The van der Waals surface area contributed by atoms with E-state index in [4.69, 9.17) is 10.8 Å². The summed E-state index contributed by atoms with van der Waals surface area (Å²) in [4.78, 5) is 10.9. The van der Waals surface area contributed by atoms with Gasteiger partial charge in [-0.1, -0.05) is 18.2 Å². The molecule has 0 aliphatic rings. The first-order chi connectivity index (χ1) is 9.08. The molecule has 0 spiro atoms. The van der Waals surface area contributed by atoms with Crippen molar-refractivity contribution in [1.29, 1.82) is 0 Å². The molecule has 0 aromatic heterocycles. The lowest BCUT2D eigenvalue weighted by Crippen LogP contribution is -2.07. The van der Waals surface area contributed by atoms with Crippen LogP contribution in [-0.4, -0.2) is 11.1 Å². The van der Waals surface area contributed by atoms with E-state index >= 15 is 0 Å². The summed E-state index contributed by atoms with van der Waals surface area (Å²) in [5, 5.41) is 12.0. The van der Waals surface area contributed by atoms with Gasteiger partial charge in [0.05, 0.1) is 16.9 Å². The lowest BCUT2D eigenvalue weighted by molar-refractivity contribution is 0.0698. The van der Waals surface area contributed by atoms with Crippen LogP contribution in [0.25, 0.3) is 0 Å². The SMILES string of the molecule is Nc1c(NCc2cccc(F)c2)cccc1C(=O)O. The summed E-state index contributed by atoms with van der Waals surface area (Å²) in [5.41, 5.74) is 7.25. The van der Waals surface area contributed by atoms with Crippen LogP contribution < -0.4 is 11.1 Å². The minimum absolute atomic E-state index is 0.0456. The van der Waals surface area contributed by atoms with Gasteiger partial charge < -0.3 is 16.2 Å². The molecule has 0 unspecified atom stereocenters. The summed E-state index contributed by atoms with van der Waals surface area (Å²) in [7, 11) is 0. The van der Waals surface area contributed by atoms with E-state index in [-0.39, 0.29) is 17.1 Å². The Kier molecular flexibility index (Phi) is 3.66. The second-order valence-corrected chi connectivity index (χ2v) is 4.06. The van der Waals surface area contributed by atoms with Gasteiger partial charge in [-0.15, -0.1) is 0 Å². The van der Waals surface area contributed by atoms with Crippen LogP contribution in [0.4, 0.5) is 15.8 Å². The van der Waals surface area contributed by atoms with Crippen molar-refractivity contribution in [1.82, 2.24) is 0 Å². The van der Waals surface area contributed by atoms with Gasteiger partial charge in [0.1, 0.15) is 5.82 Å². The average Bonchev–Trinajstić information content (AvgIpc) is 2.37. The average molecular weight is 260 g/mol. The highest BCUT2D eigenvalue weighted by Gasteiger charge is 2.10. The van der Waals surface area contributed by atoms with Crippen molar-refractivity contribution in [3.63, 3.8) is 0 Å². The highest BCUT2D eigenvalue weighted by molar-refractivity contribution is 5.97. The quantitative estimate of drug-likeness (QED) is 0.739. The number of hydrogen-bond donors (Lipinski definition) is 3. The summed E-state index contributed by atoms with van der Waals surface area (Å²) >= 11 is 0. The van der Waals surface area contributed by atoms with Crippen LogP contribution in [-0.2, 0) is 6.54 Å². The predicted molar refractivity (Wildman–Crippen MR) is 71.5 cm³/mol. The maximum absolute atomic E-state index is 13.0. The van der Waals surface area contributed by atoms with Gasteiger partial charge in [0.15, 0.2) is 0 Å². The number of rotatable bonds is 4. The number of hydrogen-bond acceptors (Lipinski definition) is 3. The molecule has 5 heteroatoms. The number of carboxylic acids is 1. The highest BCUT2D eigenvalue weighted by atomic mass is 19.1. The second kappa shape index (κ2) is 5.39. The molecule has 0 radical (unpaired) electrons. The van der Waals surface area contributed by atoms with Crippen LogP contribution in [0.2, 0.25) is 0 Å². The molecule has 2 aromatic rings. The molecule has 2 aromatic carbocycles. The standard InChI is InChI=1S/C14H13FN2O2/c15-10-4-1-3-9(7-10)8-17-12-6-2-5-11(13(12)16)14(18)19/h1-7,17H,8,16H2,(H,18,19). The first-order valence-electron chi connectivity index (χ1n) is 5.68. The lowest BCUT2D eigenvalue weighted by atomic mass is 10.1. The van der Waals surface area contributed by atoms with E-state index < -0.39 is 5.97 Å². The van der Waals surface area contributed by atoms with Gasteiger partial charge in [0.2, 0.25) is 0 Å². The van der Waals surface area contributed by atoms with Gasteiger partial charge in [0, 0.05) is 6.54 Å². The molecule has 0 saturated heterocycles. The molecule has 4 N–H and O–H groups in total. The molecule has 0 aliphatic heterocycles. The molecule has 4 nitrogen and oxygen atoms in total. The number of aromatic carboxylic acids is 1. The molecule has 98 valence electrons. The third-order valence-electron chi connectivity index (χ3n) is 2.71. The number of anilines is 2. The molecule has 0 aliphatic carbocycles. The van der Waals surface area contributed by atoms with Crippen molar-refractivity contribution in [2.45, 2.75) is 6.54 Å². The van der Waals surface area contributed by atoms with Crippen LogP contribution >= 0.6 is 0 Å². The second-order valence-electron chi connectivity index (χ2n) is 4.06. The van der Waals surface area contributed by atoms with Gasteiger partial charge in [-0.2, -0.15) is 0 Å². The van der Waals surface area contributed by atoms with Crippen molar-refractivity contribution in [3.05, 3.63) is 59.4 Å². The number of para-hydroxylation sites is 1. The Morgan fingerprint density at radius 1 is 1.26 bits per heavy atom. The predicted octanol–water partition coefficient (Wildman–Crippen LogP) is 2.72. The Bertz CT molecular complexity index is 614. The van der Waals surface area contributed by atoms with Crippen molar-refractivity contribution in [2.75, 3.05) is 11.1 Å². The van der Waals surface area contributed by atoms with Crippen LogP contribution in [0.3, 0.4) is 0 Å². The summed E-state index contributed by atoms with van der Waals surface area (Å²) in [5.74, 6) is -1.39. The summed E-state index contributed by atoms with van der Waals surface area (Å²) in [6, 6.07) is 10.9. The number of nitrogen functional groups attached to an aromatic ring is 1. The first kappa shape index (κ1) is 12.9. The third-order valence-corrected chi connectivity index (χ3v) is 2.71. The molecule has 0 atom stereocenters. The van der Waals surface area contributed by atoms with E-state index in [0.717, 1.165) is 5.56 Å². The van der Waals surface area contributed by atoms with Gasteiger partial charge in [0.25, 0.3) is 0 Å². The number of carbonyl (C=O) groups is 1. The topological polar surface area (TPSA) is 75.3 Å². The van der Waals surface area contributed by atoms with E-state index in [1.54, 1.807) is 24.3 Å². The van der Waals surface area contributed by atoms with Crippen molar-refractivity contribution >= 4 is 17.3 Å². The van der Waals surface area contributed by atoms with Crippen LogP contribution in [0.1, 0.15) is 15.9 Å². The normalized spacial score (nSPS) is 10.2. The van der Waals surface area contributed by atoms with Crippen molar-refractivity contribution in [3.8, 4) is 0 Å². The van der Waals surface area contributed by atoms with Crippen LogP contribution in [0, 0.1) is 5.82 Å². The molecular weight excluding hydrogens is 247 g/mol. The lowest BCUT2D eigenvalue weighted by Gasteiger charge is -2.11. The molecule has 0 saturated carbocycles. The molecule has 0 bridgehead atoms. The molecule has 0 fully saturated rings. The Morgan fingerprint density at radius 3 is 2.68 bits per heavy atom. The van der Waals surface area contributed by atoms with Crippen molar-refractivity contribution < 1.29 is 14.3 Å². The van der Waals surface area contributed by atoms with Crippen LogP contribution in [0.5, 0.6) is 0 Å². The Labute approximate surface area is 109 Å². The van der Waals surface area contributed by atoms with E-state index in [1.165, 1.54) is 18.2 Å². The fourth-order valence-electron chi connectivity index (χ4n) is 1.75. The Morgan fingerprint density at radius 2 is 2.00 bits per heavy atom. The monoisotopic (exact) mass is 260 g/mol. The molecule has 0 amide bonds. The number of halogens is 1. The zero-order valence-electron chi connectivity index (χ0n) is 10.1. The number of benzene rings is 2. The van der Waals surface area contributed by atoms with Crippen LogP contribution in [0.15, 0.2) is 42.5 Å². The zero-order chi connectivity index (χ0) is 13.8. The minimum Gasteiger partial charge on any atom is -0.478 e. The van der Waals surface area contributed by atoms with Gasteiger partial charge in [-0.25, -0.2) is 9.18 Å². The minimum atomic E-state index is -1.08. The van der Waals surface area contributed by atoms with Gasteiger partial charge in [-0.05, 0) is 29.8 Å². The molecule has 0 heterocycles. The van der Waals surface area contributed by atoms with E-state index in [9.17, 15) is 9.18 Å². The number of nitrogens with two attached hydrogens (primary N) is 1. The van der Waals surface area contributed by atoms with E-state index in [0.29, 0.717) is 12.2 Å². The fraction of sp³-hybridized carbons (Fsp3) is 0.0714. The first-order valence-corrected chi connectivity index (χ1v) is 5.68. The van der Waals surface area contributed by atoms with Crippen molar-refractivity contribution in [2.24, 2.45) is 0 Å². The summed E-state index contributed by atoms with van der Waals surface area (Å²) in [6.45, 7) is 0.366.